The molecule has 1 N–H and O–H groups in total. The first-order valence-electron chi connectivity index (χ1n) is 6.87. The monoisotopic (exact) mass is 237 g/mol. The quantitative estimate of drug-likeness (QED) is 0.795. The molecule has 0 amide bonds. The Morgan fingerprint density at radius 2 is 2.35 bits per heavy atom. The molecule has 0 aromatic rings. The maximum atomic E-state index is 12.4. The second-order valence-electron chi connectivity index (χ2n) is 5.04. The third-order valence-corrected chi connectivity index (χ3v) is 3.68. The number of allylic oxidation sites excluding steroid dienone is 2. The Morgan fingerprint density at radius 1 is 1.47 bits per heavy atom. The summed E-state index contributed by atoms with van der Waals surface area (Å²) in [5.41, 5.74) is 1.05. The van der Waals surface area contributed by atoms with Crippen LogP contribution in [-0.4, -0.2) is 31.6 Å². The molecule has 3 heteroatoms. The third-order valence-electron chi connectivity index (χ3n) is 3.68. The van der Waals surface area contributed by atoms with Crippen molar-refractivity contribution in [3.05, 3.63) is 11.6 Å². The van der Waals surface area contributed by atoms with Gasteiger partial charge in [-0.2, -0.15) is 0 Å². The van der Waals surface area contributed by atoms with Gasteiger partial charge in [0.1, 0.15) is 0 Å². The van der Waals surface area contributed by atoms with Crippen molar-refractivity contribution in [1.82, 2.24) is 5.32 Å². The molecule has 96 valence electrons. The molecular formula is C14H23NO2. The molecule has 0 spiro atoms. The first-order valence-corrected chi connectivity index (χ1v) is 6.87. The minimum absolute atomic E-state index is 0.0471. The van der Waals surface area contributed by atoms with E-state index >= 15 is 0 Å². The first-order chi connectivity index (χ1) is 8.33. The van der Waals surface area contributed by atoms with E-state index in [0.717, 1.165) is 37.8 Å². The van der Waals surface area contributed by atoms with Crippen molar-refractivity contribution >= 4 is 5.78 Å². The van der Waals surface area contributed by atoms with Crippen molar-refractivity contribution < 1.29 is 9.53 Å². The second kappa shape index (κ2) is 6.31. The van der Waals surface area contributed by atoms with Crippen LogP contribution < -0.4 is 5.32 Å². The van der Waals surface area contributed by atoms with Crippen LogP contribution in [-0.2, 0) is 9.53 Å². The lowest BCUT2D eigenvalue weighted by molar-refractivity contribution is -0.119. The standard InChI is InChI=1S/C14H23NO2/c1-2-8-15-13-10-17-9-12(13)14(16)11-6-4-3-5-7-11/h6,12-13,15H,2-5,7-10H2,1H3. The van der Waals surface area contributed by atoms with Gasteiger partial charge in [-0.3, -0.25) is 4.79 Å². The number of hydrogen-bond acceptors (Lipinski definition) is 3. The number of carbonyl (C=O) groups is 1. The number of carbonyl (C=O) groups excluding carboxylic acids is 1. The second-order valence-corrected chi connectivity index (χ2v) is 5.04. The molecule has 3 nitrogen and oxygen atoms in total. The smallest absolute Gasteiger partial charge is 0.165 e. The van der Waals surface area contributed by atoms with Gasteiger partial charge in [-0.1, -0.05) is 13.0 Å². The zero-order valence-corrected chi connectivity index (χ0v) is 10.7. The van der Waals surface area contributed by atoms with Crippen molar-refractivity contribution in [2.24, 2.45) is 5.92 Å². The fraction of sp³-hybridized carbons (Fsp3) is 0.786. The van der Waals surface area contributed by atoms with Gasteiger partial charge in [-0.15, -0.1) is 0 Å². The molecule has 2 unspecified atom stereocenters. The van der Waals surface area contributed by atoms with Crippen molar-refractivity contribution in [3.63, 3.8) is 0 Å². The van der Waals surface area contributed by atoms with Crippen LogP contribution >= 0.6 is 0 Å². The molecule has 17 heavy (non-hydrogen) atoms. The molecule has 1 fully saturated rings. The fourth-order valence-electron chi connectivity index (χ4n) is 2.64. The van der Waals surface area contributed by atoms with E-state index in [1.165, 1.54) is 6.42 Å². The Kier molecular flexibility index (Phi) is 4.75. The number of Topliss-reactive ketones (excluding diaryl/α,β-unsaturated/α-hetero) is 1. The summed E-state index contributed by atoms with van der Waals surface area (Å²) in [6.07, 6.45) is 7.67. The minimum Gasteiger partial charge on any atom is -0.379 e. The Labute approximate surface area is 104 Å². The highest BCUT2D eigenvalue weighted by Crippen LogP contribution is 2.25. The van der Waals surface area contributed by atoms with Crippen LogP contribution in [0.2, 0.25) is 0 Å². The van der Waals surface area contributed by atoms with E-state index in [1.807, 2.05) is 0 Å². The maximum absolute atomic E-state index is 12.4. The molecule has 2 aliphatic rings. The van der Waals surface area contributed by atoms with Crippen LogP contribution in [0, 0.1) is 5.92 Å². The first kappa shape index (κ1) is 12.8. The van der Waals surface area contributed by atoms with Crippen LogP contribution in [0.25, 0.3) is 0 Å². The number of hydrogen-bond donors (Lipinski definition) is 1. The molecule has 1 heterocycles. The molecule has 1 saturated heterocycles. The van der Waals surface area contributed by atoms with Gasteiger partial charge in [0.2, 0.25) is 0 Å². The van der Waals surface area contributed by atoms with Gasteiger partial charge in [0.15, 0.2) is 5.78 Å². The Hall–Kier alpha value is -0.670. The highest BCUT2D eigenvalue weighted by molar-refractivity contribution is 5.98. The van der Waals surface area contributed by atoms with Gasteiger partial charge < -0.3 is 10.1 Å². The average molecular weight is 237 g/mol. The van der Waals surface area contributed by atoms with Crippen LogP contribution in [0.1, 0.15) is 39.0 Å². The van der Waals surface area contributed by atoms with E-state index < -0.39 is 0 Å². The van der Waals surface area contributed by atoms with Crippen molar-refractivity contribution in [2.75, 3.05) is 19.8 Å². The van der Waals surface area contributed by atoms with E-state index in [-0.39, 0.29) is 12.0 Å². The maximum Gasteiger partial charge on any atom is 0.165 e. The molecule has 0 radical (unpaired) electrons. The fourth-order valence-corrected chi connectivity index (χ4v) is 2.64. The molecule has 0 aromatic heterocycles. The van der Waals surface area contributed by atoms with Crippen LogP contribution in [0.15, 0.2) is 11.6 Å². The van der Waals surface area contributed by atoms with Gasteiger partial charge in [0.05, 0.1) is 19.1 Å². The molecule has 2 rings (SSSR count). The lowest BCUT2D eigenvalue weighted by atomic mass is 9.87. The lowest BCUT2D eigenvalue weighted by Gasteiger charge is -2.20. The molecule has 2 atom stereocenters. The van der Waals surface area contributed by atoms with E-state index in [2.05, 4.69) is 18.3 Å². The van der Waals surface area contributed by atoms with E-state index in [9.17, 15) is 4.79 Å². The highest BCUT2D eigenvalue weighted by atomic mass is 16.5. The van der Waals surface area contributed by atoms with E-state index in [0.29, 0.717) is 19.0 Å². The number of rotatable bonds is 5. The topological polar surface area (TPSA) is 38.3 Å². The number of ketones is 1. The Bertz CT molecular complexity index is 299. The summed E-state index contributed by atoms with van der Waals surface area (Å²) >= 11 is 0. The third kappa shape index (κ3) is 3.17. The molecule has 0 bridgehead atoms. The Balaban J connectivity index is 1.95. The van der Waals surface area contributed by atoms with Gasteiger partial charge in [0.25, 0.3) is 0 Å². The summed E-state index contributed by atoms with van der Waals surface area (Å²) in [5.74, 6) is 0.377. The molecular weight excluding hydrogens is 214 g/mol. The summed E-state index contributed by atoms with van der Waals surface area (Å²) in [5, 5.41) is 3.43. The van der Waals surface area contributed by atoms with Crippen molar-refractivity contribution in [2.45, 2.75) is 45.1 Å². The summed E-state index contributed by atoms with van der Waals surface area (Å²) in [6, 6.07) is 0.227. The summed E-state index contributed by atoms with van der Waals surface area (Å²) in [4.78, 5) is 12.4. The SMILES string of the molecule is CCCNC1COCC1C(=O)C1=CCCCC1. The predicted molar refractivity (Wildman–Crippen MR) is 67.9 cm³/mol. The summed E-state index contributed by atoms with van der Waals surface area (Å²) < 4.78 is 5.47. The normalized spacial score (nSPS) is 29.1. The minimum atomic E-state index is 0.0471. The Morgan fingerprint density at radius 3 is 3.06 bits per heavy atom. The zero-order chi connectivity index (χ0) is 12.1. The highest BCUT2D eigenvalue weighted by Gasteiger charge is 2.34. The zero-order valence-electron chi connectivity index (χ0n) is 10.7. The molecule has 0 saturated carbocycles. The molecule has 0 aromatic carbocycles. The largest absolute Gasteiger partial charge is 0.379 e. The van der Waals surface area contributed by atoms with Crippen LogP contribution in [0.5, 0.6) is 0 Å². The van der Waals surface area contributed by atoms with Gasteiger partial charge >= 0.3 is 0 Å². The average Bonchev–Trinajstić information content (AvgIpc) is 2.84. The van der Waals surface area contributed by atoms with Crippen molar-refractivity contribution in [3.8, 4) is 0 Å². The number of nitrogens with one attached hydrogen (secondary N) is 1. The van der Waals surface area contributed by atoms with Crippen LogP contribution in [0.3, 0.4) is 0 Å². The number of ether oxygens (including phenoxy) is 1. The molecule has 1 aliphatic carbocycles. The van der Waals surface area contributed by atoms with E-state index in [4.69, 9.17) is 4.74 Å². The summed E-state index contributed by atoms with van der Waals surface area (Å²) in [6.45, 7) is 4.39. The van der Waals surface area contributed by atoms with E-state index in [1.54, 1.807) is 0 Å². The van der Waals surface area contributed by atoms with Crippen molar-refractivity contribution in [1.29, 1.82) is 0 Å². The summed E-state index contributed by atoms with van der Waals surface area (Å²) in [7, 11) is 0. The van der Waals surface area contributed by atoms with Gasteiger partial charge in [0, 0.05) is 6.04 Å². The molecule has 1 aliphatic heterocycles. The lowest BCUT2D eigenvalue weighted by Crippen LogP contribution is -2.40. The van der Waals surface area contributed by atoms with Crippen LogP contribution in [0.4, 0.5) is 0 Å². The predicted octanol–water partition coefficient (Wildman–Crippen LogP) is 2.07. The van der Waals surface area contributed by atoms with Gasteiger partial charge in [-0.05, 0) is 44.2 Å². The van der Waals surface area contributed by atoms with Gasteiger partial charge in [-0.25, -0.2) is 0 Å².